The van der Waals surface area contributed by atoms with E-state index < -0.39 is 0 Å². The molecule has 1 heterocycles. The molecule has 0 N–H and O–H groups in total. The predicted molar refractivity (Wildman–Crippen MR) is 28.7 cm³/mol. The highest BCUT2D eigenvalue weighted by molar-refractivity contribution is 4.88. The van der Waals surface area contributed by atoms with Gasteiger partial charge in [0.05, 0.1) is 5.69 Å². The topological polar surface area (TPSA) is 35.1 Å². The summed E-state index contributed by atoms with van der Waals surface area (Å²) < 4.78 is 5.95. The molecule has 0 amide bonds. The lowest BCUT2D eigenvalue weighted by Gasteiger charge is -1.84. The van der Waals surface area contributed by atoms with Crippen LogP contribution in [-0.2, 0) is 7.05 Å². The van der Waals surface area contributed by atoms with E-state index in [9.17, 15) is 4.79 Å². The second-order valence-electron chi connectivity index (χ2n) is 1.70. The van der Waals surface area contributed by atoms with Crippen LogP contribution in [0.2, 0.25) is 0 Å². The molecule has 0 bridgehead atoms. The fraction of sp³-hybridized carbons (Fsp3) is 0.400. The largest absolute Gasteiger partial charge is 0.418 e. The highest BCUT2D eigenvalue weighted by atomic mass is 16.4. The first-order valence-electron chi connectivity index (χ1n) is 2.33. The molecule has 0 saturated heterocycles. The van der Waals surface area contributed by atoms with Gasteiger partial charge < -0.3 is 4.42 Å². The minimum absolute atomic E-state index is 0.303. The minimum atomic E-state index is -0.303. The average Bonchev–Trinajstić information content (AvgIpc) is 1.98. The van der Waals surface area contributed by atoms with Crippen molar-refractivity contribution in [2.45, 2.75) is 6.92 Å². The van der Waals surface area contributed by atoms with Crippen LogP contribution in [0.4, 0.5) is 0 Å². The van der Waals surface area contributed by atoms with Crippen LogP contribution in [-0.4, -0.2) is 4.57 Å². The summed E-state index contributed by atoms with van der Waals surface area (Å²) in [6.45, 7) is 1.81. The van der Waals surface area contributed by atoms with E-state index in [2.05, 4.69) is 4.42 Å². The highest BCUT2D eigenvalue weighted by Gasteiger charge is 1.94. The van der Waals surface area contributed by atoms with Crippen LogP contribution >= 0.6 is 0 Å². The van der Waals surface area contributed by atoms with Crippen molar-refractivity contribution < 1.29 is 4.42 Å². The van der Waals surface area contributed by atoms with E-state index in [-0.39, 0.29) is 5.76 Å². The first-order chi connectivity index (χ1) is 3.72. The summed E-state index contributed by atoms with van der Waals surface area (Å²) in [5, 5.41) is 0. The van der Waals surface area contributed by atoms with E-state index in [0.717, 1.165) is 5.69 Å². The number of aromatic nitrogens is 1. The number of nitrogens with zero attached hydrogens (tertiary/aromatic N) is 1. The molecule has 0 aliphatic carbocycles. The van der Waals surface area contributed by atoms with E-state index in [0.29, 0.717) is 0 Å². The van der Waals surface area contributed by atoms with E-state index >= 15 is 0 Å². The van der Waals surface area contributed by atoms with Crippen LogP contribution in [0.25, 0.3) is 0 Å². The maximum Gasteiger partial charge on any atom is 0.418 e. The predicted octanol–water partition coefficient (Wildman–Crippen LogP) is 0.287. The van der Waals surface area contributed by atoms with Crippen LogP contribution in [0.1, 0.15) is 5.69 Å². The molecular weight excluding hydrogens is 106 g/mol. The van der Waals surface area contributed by atoms with Gasteiger partial charge in [-0.15, -0.1) is 0 Å². The van der Waals surface area contributed by atoms with Gasteiger partial charge >= 0.3 is 5.76 Å². The lowest BCUT2D eigenvalue weighted by atomic mass is 10.6. The monoisotopic (exact) mass is 113 g/mol. The Morgan fingerprint density at radius 2 is 2.38 bits per heavy atom. The standard InChI is InChI=1S/C5H7NO2/c1-4-3-8-5(7)6(4)2/h3H,1-2H3. The quantitative estimate of drug-likeness (QED) is 0.484. The Morgan fingerprint density at radius 3 is 2.50 bits per heavy atom. The zero-order valence-corrected chi connectivity index (χ0v) is 4.84. The zero-order valence-electron chi connectivity index (χ0n) is 4.84. The van der Waals surface area contributed by atoms with Gasteiger partial charge in [-0.1, -0.05) is 0 Å². The van der Waals surface area contributed by atoms with Gasteiger partial charge in [0, 0.05) is 7.05 Å². The minimum Gasteiger partial charge on any atom is -0.416 e. The second-order valence-corrected chi connectivity index (χ2v) is 1.70. The number of hydrogen-bond acceptors (Lipinski definition) is 2. The Hall–Kier alpha value is -0.990. The third-order valence-electron chi connectivity index (χ3n) is 1.13. The van der Waals surface area contributed by atoms with Gasteiger partial charge in [0.25, 0.3) is 0 Å². The van der Waals surface area contributed by atoms with Crippen molar-refractivity contribution in [2.24, 2.45) is 7.05 Å². The molecule has 0 unspecified atom stereocenters. The van der Waals surface area contributed by atoms with E-state index in [1.165, 1.54) is 10.8 Å². The molecule has 3 heteroatoms. The molecule has 0 aliphatic heterocycles. The van der Waals surface area contributed by atoms with Gasteiger partial charge in [-0.3, -0.25) is 4.57 Å². The SMILES string of the molecule is Cc1coc(=O)n1C. The van der Waals surface area contributed by atoms with Gasteiger partial charge in [0.2, 0.25) is 0 Å². The van der Waals surface area contributed by atoms with Crippen LogP contribution < -0.4 is 5.76 Å². The van der Waals surface area contributed by atoms with Crippen molar-refractivity contribution in [3.05, 3.63) is 22.5 Å². The van der Waals surface area contributed by atoms with Crippen molar-refractivity contribution in [1.82, 2.24) is 4.57 Å². The number of hydrogen-bond donors (Lipinski definition) is 0. The molecule has 1 rings (SSSR count). The van der Waals surface area contributed by atoms with Gasteiger partial charge in [-0.05, 0) is 6.92 Å². The number of rotatable bonds is 0. The molecular formula is C5H7NO2. The summed E-state index contributed by atoms with van der Waals surface area (Å²) in [5.41, 5.74) is 0.843. The Kier molecular flexibility index (Phi) is 0.970. The Balaban J connectivity index is 3.41. The van der Waals surface area contributed by atoms with Crippen LogP contribution in [0.5, 0.6) is 0 Å². The van der Waals surface area contributed by atoms with Gasteiger partial charge in [-0.25, -0.2) is 4.79 Å². The smallest absolute Gasteiger partial charge is 0.416 e. The Labute approximate surface area is 46.5 Å². The molecule has 0 atom stereocenters. The third kappa shape index (κ3) is 0.559. The van der Waals surface area contributed by atoms with Crippen LogP contribution in [0.3, 0.4) is 0 Å². The molecule has 0 aliphatic rings. The third-order valence-corrected chi connectivity index (χ3v) is 1.13. The molecule has 0 aromatic carbocycles. The van der Waals surface area contributed by atoms with Crippen molar-refractivity contribution in [2.75, 3.05) is 0 Å². The second kappa shape index (κ2) is 1.51. The zero-order chi connectivity index (χ0) is 6.15. The first-order valence-corrected chi connectivity index (χ1v) is 2.33. The fourth-order valence-electron chi connectivity index (χ4n) is 0.438. The van der Waals surface area contributed by atoms with Gasteiger partial charge in [0.15, 0.2) is 0 Å². The Morgan fingerprint density at radius 1 is 1.75 bits per heavy atom. The summed E-state index contributed by atoms with van der Waals surface area (Å²) in [4.78, 5) is 10.4. The molecule has 8 heavy (non-hydrogen) atoms. The molecule has 0 fully saturated rings. The number of oxazole rings is 1. The van der Waals surface area contributed by atoms with Crippen molar-refractivity contribution in [3.63, 3.8) is 0 Å². The van der Waals surface area contributed by atoms with E-state index in [1.807, 2.05) is 6.92 Å². The maximum absolute atomic E-state index is 10.4. The maximum atomic E-state index is 10.4. The first kappa shape index (κ1) is 5.15. The van der Waals surface area contributed by atoms with Crippen molar-refractivity contribution >= 4 is 0 Å². The summed E-state index contributed by atoms with van der Waals surface area (Å²) in [6, 6.07) is 0. The molecule has 44 valence electrons. The van der Waals surface area contributed by atoms with E-state index in [1.54, 1.807) is 7.05 Å². The lowest BCUT2D eigenvalue weighted by Crippen LogP contribution is -2.09. The van der Waals surface area contributed by atoms with Crippen LogP contribution in [0.15, 0.2) is 15.5 Å². The summed E-state index contributed by atoms with van der Waals surface area (Å²) in [5.74, 6) is -0.303. The number of aryl methyl sites for hydroxylation is 1. The van der Waals surface area contributed by atoms with Gasteiger partial charge in [-0.2, -0.15) is 0 Å². The molecule has 1 aromatic rings. The summed E-state index contributed by atoms with van der Waals surface area (Å²) >= 11 is 0. The molecule has 0 radical (unpaired) electrons. The molecule has 1 aromatic heterocycles. The average molecular weight is 113 g/mol. The normalized spacial score (nSPS) is 9.75. The Bertz CT molecular complexity index is 233. The summed E-state index contributed by atoms with van der Waals surface area (Å²) in [7, 11) is 1.67. The fourth-order valence-corrected chi connectivity index (χ4v) is 0.438. The lowest BCUT2D eigenvalue weighted by molar-refractivity contribution is 0.494. The van der Waals surface area contributed by atoms with Gasteiger partial charge in [0.1, 0.15) is 6.26 Å². The van der Waals surface area contributed by atoms with Crippen LogP contribution in [0, 0.1) is 6.92 Å². The van der Waals surface area contributed by atoms with Crippen molar-refractivity contribution in [1.29, 1.82) is 0 Å². The summed E-state index contributed by atoms with van der Waals surface area (Å²) in [6.07, 6.45) is 1.43. The van der Waals surface area contributed by atoms with E-state index in [4.69, 9.17) is 0 Å². The highest BCUT2D eigenvalue weighted by Crippen LogP contribution is 1.87. The molecule has 3 nitrogen and oxygen atoms in total. The molecule has 0 spiro atoms. The molecule has 0 saturated carbocycles. The van der Waals surface area contributed by atoms with Crippen molar-refractivity contribution in [3.8, 4) is 0 Å².